The molecule has 0 amide bonds. The Hall–Kier alpha value is -3.27. The van der Waals surface area contributed by atoms with Gasteiger partial charge in [0.1, 0.15) is 52.8 Å². The lowest BCUT2D eigenvalue weighted by Crippen LogP contribution is -2.55. The molecule has 3 heterocycles. The van der Waals surface area contributed by atoms with E-state index in [9.17, 15) is 29.2 Å². The molecule has 1 saturated heterocycles. The SMILES string of the molecule is OCC1O[C@@H](S[C@@H]2CCCC(n3cc(-c4ccccc4F)nn3)C2O)C(O)C(n2cc(-c3ccccc3F)nn2)[C@H]1O. The van der Waals surface area contributed by atoms with Crippen LogP contribution in [0.5, 0.6) is 0 Å². The van der Waals surface area contributed by atoms with Crippen molar-refractivity contribution in [3.8, 4) is 22.5 Å². The molecule has 42 heavy (non-hydrogen) atoms. The Morgan fingerprint density at radius 1 is 0.810 bits per heavy atom. The summed E-state index contributed by atoms with van der Waals surface area (Å²) in [4.78, 5) is 0. The number of rotatable bonds is 7. The Morgan fingerprint density at radius 2 is 1.40 bits per heavy atom. The third-order valence-corrected chi connectivity index (χ3v) is 9.41. The fourth-order valence-corrected chi connectivity index (χ4v) is 7.18. The minimum Gasteiger partial charge on any atom is -0.394 e. The lowest BCUT2D eigenvalue weighted by atomic mass is 9.92. The number of halogens is 2. The number of aromatic nitrogens is 6. The molecule has 1 aliphatic carbocycles. The first-order valence-electron chi connectivity index (χ1n) is 13.6. The number of hydrogen-bond acceptors (Lipinski definition) is 10. The predicted octanol–water partition coefficient (Wildman–Crippen LogP) is 2.35. The smallest absolute Gasteiger partial charge is 0.132 e. The highest BCUT2D eigenvalue weighted by Crippen LogP contribution is 2.42. The summed E-state index contributed by atoms with van der Waals surface area (Å²) in [7, 11) is 0. The summed E-state index contributed by atoms with van der Waals surface area (Å²) >= 11 is 1.20. The molecule has 2 aromatic carbocycles. The van der Waals surface area contributed by atoms with Crippen molar-refractivity contribution in [1.29, 1.82) is 0 Å². The van der Waals surface area contributed by atoms with Crippen LogP contribution in [0, 0.1) is 11.6 Å². The number of thioether (sulfide) groups is 1. The highest BCUT2D eigenvalue weighted by molar-refractivity contribution is 8.00. The van der Waals surface area contributed by atoms with Crippen molar-refractivity contribution in [2.24, 2.45) is 0 Å². The van der Waals surface area contributed by atoms with Gasteiger partial charge in [0.05, 0.1) is 31.1 Å². The van der Waals surface area contributed by atoms with Gasteiger partial charge in [-0.2, -0.15) is 0 Å². The molecule has 1 aliphatic heterocycles. The van der Waals surface area contributed by atoms with Crippen molar-refractivity contribution in [3.63, 3.8) is 0 Å². The monoisotopic (exact) mass is 600 g/mol. The lowest BCUT2D eigenvalue weighted by Gasteiger charge is -2.44. The molecule has 6 rings (SSSR count). The first-order chi connectivity index (χ1) is 20.4. The number of ether oxygens (including phenoxy) is 1. The van der Waals surface area contributed by atoms with Crippen LogP contribution in [0.2, 0.25) is 0 Å². The fraction of sp³-hybridized carbons (Fsp3) is 0.429. The van der Waals surface area contributed by atoms with Gasteiger partial charge in [-0.1, -0.05) is 41.1 Å². The van der Waals surface area contributed by atoms with Gasteiger partial charge < -0.3 is 25.2 Å². The fourth-order valence-electron chi connectivity index (χ4n) is 5.67. The minimum atomic E-state index is -1.34. The van der Waals surface area contributed by atoms with Crippen LogP contribution in [0.25, 0.3) is 22.5 Å². The van der Waals surface area contributed by atoms with Crippen LogP contribution < -0.4 is 0 Å². The summed E-state index contributed by atoms with van der Waals surface area (Å²) in [5.74, 6) is -0.914. The van der Waals surface area contributed by atoms with E-state index < -0.39 is 65.4 Å². The van der Waals surface area contributed by atoms with E-state index in [2.05, 4.69) is 20.6 Å². The van der Waals surface area contributed by atoms with Crippen LogP contribution in [0.15, 0.2) is 60.9 Å². The summed E-state index contributed by atoms with van der Waals surface area (Å²) in [6.45, 7) is -0.524. The van der Waals surface area contributed by atoms with Gasteiger partial charge in [0.15, 0.2) is 0 Å². The van der Waals surface area contributed by atoms with Gasteiger partial charge in [-0.15, -0.1) is 22.0 Å². The van der Waals surface area contributed by atoms with E-state index in [4.69, 9.17) is 4.74 Å². The van der Waals surface area contributed by atoms with Crippen molar-refractivity contribution in [2.45, 2.75) is 66.4 Å². The second-order valence-electron chi connectivity index (χ2n) is 10.5. The maximum atomic E-state index is 14.3. The van der Waals surface area contributed by atoms with E-state index in [1.54, 1.807) is 47.3 Å². The summed E-state index contributed by atoms with van der Waals surface area (Å²) in [5.41, 5.74) is 0.152. The average molecular weight is 601 g/mol. The molecule has 0 spiro atoms. The molecule has 2 aliphatic rings. The van der Waals surface area contributed by atoms with E-state index >= 15 is 0 Å². The Balaban J connectivity index is 1.20. The van der Waals surface area contributed by atoms with Crippen molar-refractivity contribution in [3.05, 3.63) is 72.6 Å². The quantitative estimate of drug-likeness (QED) is 0.249. The lowest BCUT2D eigenvalue weighted by molar-refractivity contribution is -0.178. The van der Waals surface area contributed by atoms with Crippen LogP contribution >= 0.6 is 11.8 Å². The maximum Gasteiger partial charge on any atom is 0.132 e. The second-order valence-corrected chi connectivity index (χ2v) is 11.8. The number of hydrogen-bond donors (Lipinski definition) is 4. The third-order valence-electron chi connectivity index (χ3n) is 7.89. The molecule has 14 heteroatoms. The Labute approximate surface area is 243 Å². The van der Waals surface area contributed by atoms with Gasteiger partial charge in [-0.25, -0.2) is 18.1 Å². The zero-order valence-electron chi connectivity index (χ0n) is 22.3. The second kappa shape index (κ2) is 12.1. The topological polar surface area (TPSA) is 152 Å². The minimum absolute atomic E-state index is 0.215. The molecule has 11 nitrogen and oxygen atoms in total. The van der Waals surface area contributed by atoms with E-state index in [1.807, 2.05) is 0 Å². The molecule has 2 fully saturated rings. The molecule has 222 valence electrons. The Morgan fingerprint density at radius 3 is 2.02 bits per heavy atom. The molecule has 4 N–H and O–H groups in total. The zero-order chi connectivity index (χ0) is 29.4. The van der Waals surface area contributed by atoms with Crippen molar-refractivity contribution in [2.75, 3.05) is 6.61 Å². The van der Waals surface area contributed by atoms with Gasteiger partial charge >= 0.3 is 0 Å². The largest absolute Gasteiger partial charge is 0.394 e. The molecule has 5 unspecified atom stereocenters. The average Bonchev–Trinajstić information content (AvgIpc) is 3.67. The van der Waals surface area contributed by atoms with E-state index in [1.165, 1.54) is 34.8 Å². The normalized spacial score (nSPS) is 30.0. The number of aliphatic hydroxyl groups is 4. The van der Waals surface area contributed by atoms with Crippen molar-refractivity contribution >= 4 is 11.8 Å². The van der Waals surface area contributed by atoms with E-state index in [0.717, 1.165) is 6.42 Å². The molecular weight excluding hydrogens is 570 g/mol. The van der Waals surface area contributed by atoms with Crippen LogP contribution in [-0.4, -0.2) is 92.1 Å². The van der Waals surface area contributed by atoms with Crippen LogP contribution in [0.3, 0.4) is 0 Å². The summed E-state index contributed by atoms with van der Waals surface area (Å²) in [6, 6.07) is 10.8. The molecule has 8 atom stereocenters. The number of nitrogens with zero attached hydrogens (tertiary/aromatic N) is 6. The molecule has 4 aromatic rings. The Kier molecular flexibility index (Phi) is 8.34. The predicted molar refractivity (Wildman–Crippen MR) is 148 cm³/mol. The third kappa shape index (κ3) is 5.45. The van der Waals surface area contributed by atoms with Gasteiger partial charge in [-0.05, 0) is 37.1 Å². The zero-order valence-corrected chi connectivity index (χ0v) is 23.1. The van der Waals surface area contributed by atoms with Gasteiger partial charge in [0.2, 0.25) is 0 Å². The van der Waals surface area contributed by atoms with Crippen LogP contribution in [-0.2, 0) is 4.74 Å². The first kappa shape index (κ1) is 28.8. The standard InChI is InChI=1S/C28H30F2N6O5S/c29-17-8-3-1-6-15(17)19-12-35(33-31-19)21-10-5-11-23(25(21)38)42-28-27(40)24(26(39)22(14-37)41-28)36-13-20(32-34-36)16-7-2-4-9-18(16)30/h1-4,6-9,12-13,21-28,37-40H,5,10-11,14H2/t21?,22?,23-,24?,25?,26+,27?,28+/m1/s1. The van der Waals surface area contributed by atoms with E-state index in [-0.39, 0.29) is 11.3 Å². The van der Waals surface area contributed by atoms with Crippen LogP contribution in [0.1, 0.15) is 31.3 Å². The van der Waals surface area contributed by atoms with Crippen molar-refractivity contribution in [1.82, 2.24) is 30.0 Å². The van der Waals surface area contributed by atoms with Crippen molar-refractivity contribution < 1.29 is 33.9 Å². The molecule has 0 radical (unpaired) electrons. The highest BCUT2D eigenvalue weighted by atomic mass is 32.2. The van der Waals surface area contributed by atoms with E-state index in [0.29, 0.717) is 24.1 Å². The molecular formula is C28H30F2N6O5S. The van der Waals surface area contributed by atoms with Gasteiger partial charge in [0, 0.05) is 16.4 Å². The number of aliphatic hydroxyl groups excluding tert-OH is 4. The first-order valence-corrected chi connectivity index (χ1v) is 14.6. The molecule has 0 bridgehead atoms. The van der Waals surface area contributed by atoms with Gasteiger partial charge in [0.25, 0.3) is 0 Å². The summed E-state index contributed by atoms with van der Waals surface area (Å²) < 4.78 is 37.3. The number of benzene rings is 2. The Bertz CT molecular complexity index is 1520. The van der Waals surface area contributed by atoms with Gasteiger partial charge in [-0.3, -0.25) is 0 Å². The highest BCUT2D eigenvalue weighted by Gasteiger charge is 2.48. The van der Waals surface area contributed by atoms with Crippen LogP contribution in [0.4, 0.5) is 8.78 Å². The molecule has 1 saturated carbocycles. The summed E-state index contributed by atoms with van der Waals surface area (Å²) in [5, 5.41) is 59.6. The maximum absolute atomic E-state index is 14.3. The summed E-state index contributed by atoms with van der Waals surface area (Å²) in [6.07, 6.45) is 0.396. The molecule has 2 aromatic heterocycles.